The molecule has 1 aliphatic rings. The number of likely N-dealkylation sites (N-methyl/N-ethyl adjacent to an activating group) is 1. The molecule has 1 aliphatic heterocycles. The summed E-state index contributed by atoms with van der Waals surface area (Å²) in [6, 6.07) is 8.06. The summed E-state index contributed by atoms with van der Waals surface area (Å²) in [7, 11) is 0.458. The molecule has 1 fully saturated rings. The highest BCUT2D eigenvalue weighted by Gasteiger charge is 2.34. The summed E-state index contributed by atoms with van der Waals surface area (Å²) in [4.78, 5) is 16.5. The van der Waals surface area contributed by atoms with E-state index in [4.69, 9.17) is 0 Å². The van der Waals surface area contributed by atoms with E-state index in [1.54, 1.807) is 11.3 Å². The molecule has 0 spiro atoms. The summed E-state index contributed by atoms with van der Waals surface area (Å²) in [5.74, 6) is -0.138. The summed E-state index contributed by atoms with van der Waals surface area (Å²) in [5.41, 5.74) is 2.62. The van der Waals surface area contributed by atoms with Gasteiger partial charge in [0.05, 0.1) is 10.9 Å². The monoisotopic (exact) mass is 463 g/mol. The third-order valence-corrected chi connectivity index (χ3v) is 9.17. The molecule has 0 radical (unpaired) electrons. The zero-order valence-corrected chi connectivity index (χ0v) is 20.6. The van der Waals surface area contributed by atoms with Gasteiger partial charge in [-0.2, -0.15) is 4.31 Å². The number of thiophene rings is 1. The van der Waals surface area contributed by atoms with Crippen molar-refractivity contribution in [2.45, 2.75) is 44.6 Å². The van der Waals surface area contributed by atoms with E-state index >= 15 is 0 Å². The van der Waals surface area contributed by atoms with Crippen molar-refractivity contribution in [3.63, 3.8) is 0 Å². The van der Waals surface area contributed by atoms with Gasteiger partial charge in [-0.25, -0.2) is 8.42 Å². The van der Waals surface area contributed by atoms with Crippen molar-refractivity contribution in [3.05, 3.63) is 51.2 Å². The maximum atomic E-state index is 13.3. The van der Waals surface area contributed by atoms with E-state index < -0.39 is 10.0 Å². The van der Waals surface area contributed by atoms with Crippen molar-refractivity contribution in [1.82, 2.24) is 14.5 Å². The van der Waals surface area contributed by atoms with Crippen molar-refractivity contribution >= 4 is 27.3 Å². The van der Waals surface area contributed by atoms with Gasteiger partial charge in [0.1, 0.15) is 0 Å². The lowest BCUT2D eigenvalue weighted by molar-refractivity contribution is -0.126. The third-order valence-electron chi connectivity index (χ3n) is 5.99. The maximum absolute atomic E-state index is 13.3. The quantitative estimate of drug-likeness (QED) is 0.682. The second-order valence-electron chi connectivity index (χ2n) is 8.65. The molecule has 1 saturated heterocycles. The van der Waals surface area contributed by atoms with Crippen LogP contribution in [-0.4, -0.2) is 57.3 Å². The molecular weight excluding hydrogens is 430 g/mol. The van der Waals surface area contributed by atoms with Crippen LogP contribution in [0.5, 0.6) is 0 Å². The van der Waals surface area contributed by atoms with Crippen LogP contribution in [0, 0.1) is 26.7 Å². The van der Waals surface area contributed by atoms with Gasteiger partial charge in [0.15, 0.2) is 0 Å². The van der Waals surface area contributed by atoms with Gasteiger partial charge >= 0.3 is 0 Å². The molecule has 1 aromatic heterocycles. The normalized spacial score (nSPS) is 17.1. The van der Waals surface area contributed by atoms with Gasteiger partial charge in [-0.1, -0.05) is 23.8 Å². The first-order valence-corrected chi connectivity index (χ1v) is 13.0. The third kappa shape index (κ3) is 5.37. The Labute approximate surface area is 190 Å². The molecular formula is C23H33N3O3S2. The van der Waals surface area contributed by atoms with Gasteiger partial charge in [-0.15, -0.1) is 11.3 Å². The number of rotatable bonds is 7. The maximum Gasteiger partial charge on any atom is 0.243 e. The SMILES string of the molecule is Cc1cc(C)c(S(=O)(=O)N2CCC(C(=O)NC[C@H](c3cccs3)N(C)C)CC2)c(C)c1. The molecule has 0 unspecified atom stereocenters. The van der Waals surface area contributed by atoms with E-state index in [-0.39, 0.29) is 17.9 Å². The molecule has 1 N–H and O–H groups in total. The minimum Gasteiger partial charge on any atom is -0.354 e. The Morgan fingerprint density at radius 3 is 2.32 bits per heavy atom. The Morgan fingerprint density at radius 1 is 1.19 bits per heavy atom. The van der Waals surface area contributed by atoms with Crippen LogP contribution in [0.15, 0.2) is 34.5 Å². The van der Waals surface area contributed by atoms with E-state index in [1.807, 2.05) is 58.4 Å². The first-order valence-electron chi connectivity index (χ1n) is 10.7. The fraction of sp³-hybridized carbons (Fsp3) is 0.522. The van der Waals surface area contributed by atoms with Crippen LogP contribution >= 0.6 is 11.3 Å². The zero-order chi connectivity index (χ0) is 22.8. The summed E-state index contributed by atoms with van der Waals surface area (Å²) >= 11 is 1.68. The minimum absolute atomic E-state index is 0.0168. The van der Waals surface area contributed by atoms with Crippen LogP contribution in [0.3, 0.4) is 0 Å². The average Bonchev–Trinajstić information content (AvgIpc) is 3.21. The van der Waals surface area contributed by atoms with Gasteiger partial charge in [-0.05, 0) is 70.3 Å². The molecule has 0 bridgehead atoms. The molecule has 6 nitrogen and oxygen atoms in total. The number of nitrogens with zero attached hydrogens (tertiary/aromatic N) is 2. The lowest BCUT2D eigenvalue weighted by atomic mass is 9.97. The summed E-state index contributed by atoms with van der Waals surface area (Å²) in [6.45, 7) is 6.96. The van der Waals surface area contributed by atoms with Gasteiger partial charge < -0.3 is 10.2 Å². The van der Waals surface area contributed by atoms with E-state index in [2.05, 4.69) is 16.3 Å². The number of aryl methyl sites for hydroxylation is 3. The summed E-state index contributed by atoms with van der Waals surface area (Å²) < 4.78 is 28.1. The molecule has 31 heavy (non-hydrogen) atoms. The Morgan fingerprint density at radius 2 is 1.81 bits per heavy atom. The number of benzene rings is 1. The molecule has 1 amide bonds. The average molecular weight is 464 g/mol. The topological polar surface area (TPSA) is 69.7 Å². The zero-order valence-electron chi connectivity index (χ0n) is 19.0. The highest BCUT2D eigenvalue weighted by Crippen LogP contribution is 2.29. The fourth-order valence-corrected chi connectivity index (χ4v) is 7.23. The van der Waals surface area contributed by atoms with Gasteiger partial charge in [0.2, 0.25) is 15.9 Å². The van der Waals surface area contributed by atoms with Crippen LogP contribution < -0.4 is 5.32 Å². The van der Waals surface area contributed by atoms with E-state index in [0.717, 1.165) is 16.7 Å². The Bertz CT molecular complexity index is 986. The number of carbonyl (C=O) groups is 1. The Balaban J connectivity index is 1.61. The molecule has 2 heterocycles. The summed E-state index contributed by atoms with van der Waals surface area (Å²) in [6.07, 6.45) is 1.08. The molecule has 170 valence electrons. The van der Waals surface area contributed by atoms with Crippen LogP contribution in [0.2, 0.25) is 0 Å². The second kappa shape index (κ2) is 9.81. The predicted molar refractivity (Wildman–Crippen MR) is 126 cm³/mol. The first kappa shape index (κ1) is 23.9. The van der Waals surface area contributed by atoms with Crippen molar-refractivity contribution in [3.8, 4) is 0 Å². The van der Waals surface area contributed by atoms with Gasteiger partial charge in [0, 0.05) is 30.4 Å². The molecule has 1 atom stereocenters. The van der Waals surface area contributed by atoms with E-state index in [0.29, 0.717) is 37.4 Å². The van der Waals surface area contributed by atoms with Crippen molar-refractivity contribution in [1.29, 1.82) is 0 Å². The number of sulfonamides is 1. The highest BCUT2D eigenvalue weighted by atomic mass is 32.2. The van der Waals surface area contributed by atoms with Crippen molar-refractivity contribution in [2.75, 3.05) is 33.7 Å². The Kier molecular flexibility index (Phi) is 7.57. The lowest BCUT2D eigenvalue weighted by Crippen LogP contribution is -2.44. The van der Waals surface area contributed by atoms with E-state index in [9.17, 15) is 13.2 Å². The second-order valence-corrected chi connectivity index (χ2v) is 11.5. The number of carbonyl (C=O) groups excluding carboxylic acids is 1. The van der Waals surface area contributed by atoms with Crippen LogP contribution in [0.25, 0.3) is 0 Å². The number of hydrogen-bond donors (Lipinski definition) is 1. The van der Waals surface area contributed by atoms with Crippen LogP contribution in [0.4, 0.5) is 0 Å². The van der Waals surface area contributed by atoms with Crippen molar-refractivity contribution < 1.29 is 13.2 Å². The molecule has 0 saturated carbocycles. The number of hydrogen-bond acceptors (Lipinski definition) is 5. The predicted octanol–water partition coefficient (Wildman–Crippen LogP) is 3.49. The minimum atomic E-state index is -3.56. The Hall–Kier alpha value is -1.74. The lowest BCUT2D eigenvalue weighted by Gasteiger charge is -2.32. The first-order chi connectivity index (χ1) is 14.6. The standard InChI is InChI=1S/C23H33N3O3S2/c1-16-13-17(2)22(18(3)14-16)31(28,29)26-10-8-19(9-11-26)23(27)24-15-20(25(4)5)21-7-6-12-30-21/h6-7,12-14,19-20H,8-11,15H2,1-5H3,(H,24,27)/t20-/m1/s1. The van der Waals surface area contributed by atoms with Crippen LogP contribution in [-0.2, 0) is 14.8 Å². The molecule has 0 aliphatic carbocycles. The van der Waals surface area contributed by atoms with Gasteiger partial charge in [0.25, 0.3) is 0 Å². The molecule has 3 rings (SSSR count). The smallest absolute Gasteiger partial charge is 0.243 e. The van der Waals surface area contributed by atoms with E-state index in [1.165, 1.54) is 9.18 Å². The largest absolute Gasteiger partial charge is 0.354 e. The van der Waals surface area contributed by atoms with Crippen molar-refractivity contribution in [2.24, 2.45) is 5.92 Å². The fourth-order valence-electron chi connectivity index (χ4n) is 4.42. The number of piperidine rings is 1. The highest BCUT2D eigenvalue weighted by molar-refractivity contribution is 7.89. The van der Waals surface area contributed by atoms with Gasteiger partial charge in [-0.3, -0.25) is 4.79 Å². The molecule has 2 aromatic rings. The summed E-state index contributed by atoms with van der Waals surface area (Å²) in [5, 5.41) is 5.13. The number of amides is 1. The van der Waals surface area contributed by atoms with Crippen LogP contribution in [0.1, 0.15) is 40.5 Å². The number of nitrogens with one attached hydrogen (secondary N) is 1. The molecule has 1 aromatic carbocycles. The molecule has 8 heteroatoms.